The minimum Gasteiger partial charge on any atom is -0.450 e. The molecular weight excluding hydrogens is 356 g/mol. The lowest BCUT2D eigenvalue weighted by molar-refractivity contribution is 0.0565. The van der Waals surface area contributed by atoms with Gasteiger partial charge in [0, 0.05) is 36.9 Å². The Kier molecular flexibility index (Phi) is 5.46. The minimum atomic E-state index is -0.331. The molecule has 1 saturated heterocycles. The topological polar surface area (TPSA) is 67.7 Å². The number of nitrogens with zero attached hydrogens (tertiary/aromatic N) is 4. The summed E-state index contributed by atoms with van der Waals surface area (Å²) >= 11 is 5.92. The van der Waals surface area contributed by atoms with Crippen LogP contribution in [0.25, 0.3) is 5.69 Å². The lowest BCUT2D eigenvalue weighted by atomic mass is 10.2. The van der Waals surface area contributed by atoms with Crippen molar-refractivity contribution in [3.63, 3.8) is 0 Å². The zero-order valence-electron chi connectivity index (χ0n) is 14.8. The van der Waals surface area contributed by atoms with Crippen LogP contribution in [0.1, 0.15) is 23.1 Å². The molecular formula is C18H21ClN4O3. The molecule has 1 aromatic carbocycles. The molecule has 2 heterocycles. The van der Waals surface area contributed by atoms with Crippen molar-refractivity contribution >= 4 is 23.6 Å². The van der Waals surface area contributed by atoms with Crippen LogP contribution < -0.4 is 0 Å². The van der Waals surface area contributed by atoms with E-state index in [1.54, 1.807) is 39.6 Å². The molecule has 0 spiro atoms. The highest BCUT2D eigenvalue weighted by atomic mass is 35.5. The van der Waals surface area contributed by atoms with Crippen molar-refractivity contribution in [2.24, 2.45) is 0 Å². The van der Waals surface area contributed by atoms with Crippen LogP contribution >= 0.6 is 11.6 Å². The summed E-state index contributed by atoms with van der Waals surface area (Å²) < 4.78 is 6.72. The Bertz CT molecular complexity index is 795. The minimum absolute atomic E-state index is 0.135. The molecule has 0 bridgehead atoms. The van der Waals surface area contributed by atoms with Crippen LogP contribution in [0.15, 0.2) is 30.3 Å². The van der Waals surface area contributed by atoms with Gasteiger partial charge in [-0.05, 0) is 44.2 Å². The molecule has 0 saturated carbocycles. The number of rotatable bonds is 3. The Hall–Kier alpha value is -2.54. The number of piperazine rings is 1. The Morgan fingerprint density at radius 2 is 1.73 bits per heavy atom. The number of ether oxygens (including phenoxy) is 1. The molecule has 26 heavy (non-hydrogen) atoms. The van der Waals surface area contributed by atoms with Gasteiger partial charge in [0.15, 0.2) is 5.69 Å². The van der Waals surface area contributed by atoms with Gasteiger partial charge in [-0.2, -0.15) is 5.10 Å². The first-order valence-corrected chi connectivity index (χ1v) is 8.91. The number of benzene rings is 1. The van der Waals surface area contributed by atoms with Crippen molar-refractivity contribution in [2.45, 2.75) is 13.8 Å². The highest BCUT2D eigenvalue weighted by Gasteiger charge is 2.27. The summed E-state index contributed by atoms with van der Waals surface area (Å²) in [5, 5.41) is 5.09. The first-order chi connectivity index (χ1) is 12.5. The molecule has 0 aliphatic carbocycles. The second kappa shape index (κ2) is 7.78. The van der Waals surface area contributed by atoms with E-state index in [-0.39, 0.29) is 12.0 Å². The Labute approximate surface area is 157 Å². The van der Waals surface area contributed by atoms with Crippen molar-refractivity contribution in [2.75, 3.05) is 32.8 Å². The molecule has 1 aliphatic rings. The summed E-state index contributed by atoms with van der Waals surface area (Å²) in [6.45, 7) is 5.87. The molecule has 0 unspecified atom stereocenters. The molecule has 0 atom stereocenters. The number of aryl methyl sites for hydroxylation is 1. The normalized spacial score (nSPS) is 14.4. The Balaban J connectivity index is 1.69. The van der Waals surface area contributed by atoms with Crippen molar-refractivity contribution in [3.05, 3.63) is 46.7 Å². The van der Waals surface area contributed by atoms with Crippen LogP contribution in [0.2, 0.25) is 5.02 Å². The number of halogens is 1. The van der Waals surface area contributed by atoms with E-state index in [0.29, 0.717) is 43.5 Å². The first kappa shape index (κ1) is 18.3. The maximum atomic E-state index is 12.7. The second-order valence-corrected chi connectivity index (χ2v) is 6.47. The number of carbonyl (C=O) groups is 2. The van der Waals surface area contributed by atoms with Crippen LogP contribution in [0.4, 0.5) is 4.79 Å². The maximum Gasteiger partial charge on any atom is 0.409 e. The molecule has 2 aromatic rings. The predicted molar refractivity (Wildman–Crippen MR) is 97.8 cm³/mol. The van der Waals surface area contributed by atoms with Crippen LogP contribution in [0.3, 0.4) is 0 Å². The SMILES string of the molecule is CCOC(=O)N1CCN(C(=O)c2cc(C)n(-c3ccc(Cl)cc3)n2)CC1. The predicted octanol–water partition coefficient (Wildman–Crippen LogP) is 2.75. The average molecular weight is 377 g/mol. The third kappa shape index (κ3) is 3.83. The molecule has 7 nitrogen and oxygen atoms in total. The van der Waals surface area contributed by atoms with Crippen molar-refractivity contribution < 1.29 is 14.3 Å². The van der Waals surface area contributed by atoms with Gasteiger partial charge in [0.1, 0.15) is 0 Å². The van der Waals surface area contributed by atoms with Gasteiger partial charge in [0.25, 0.3) is 5.91 Å². The fraction of sp³-hybridized carbons (Fsp3) is 0.389. The van der Waals surface area contributed by atoms with Gasteiger partial charge in [-0.3, -0.25) is 4.79 Å². The molecule has 0 radical (unpaired) electrons. The molecule has 1 aliphatic heterocycles. The van der Waals surface area contributed by atoms with Crippen molar-refractivity contribution in [1.82, 2.24) is 19.6 Å². The summed E-state index contributed by atoms with van der Waals surface area (Å²) in [6, 6.07) is 9.06. The van der Waals surface area contributed by atoms with Crippen LogP contribution in [-0.4, -0.2) is 64.4 Å². The summed E-state index contributed by atoms with van der Waals surface area (Å²) in [5.74, 6) is -0.135. The van der Waals surface area contributed by atoms with Crippen molar-refractivity contribution in [3.8, 4) is 5.69 Å². The lowest BCUT2D eigenvalue weighted by Crippen LogP contribution is -2.50. The third-order valence-electron chi connectivity index (χ3n) is 4.27. The number of hydrogen-bond donors (Lipinski definition) is 0. The van der Waals surface area contributed by atoms with Gasteiger partial charge < -0.3 is 14.5 Å². The third-order valence-corrected chi connectivity index (χ3v) is 4.52. The van der Waals surface area contributed by atoms with Crippen molar-refractivity contribution in [1.29, 1.82) is 0 Å². The molecule has 3 rings (SSSR count). The molecule has 138 valence electrons. The largest absolute Gasteiger partial charge is 0.450 e. The molecule has 8 heteroatoms. The van der Waals surface area contributed by atoms with E-state index in [9.17, 15) is 9.59 Å². The van der Waals surface area contributed by atoms with Gasteiger partial charge in [-0.15, -0.1) is 0 Å². The van der Waals surface area contributed by atoms with E-state index in [1.807, 2.05) is 19.1 Å². The fourth-order valence-corrected chi connectivity index (χ4v) is 3.02. The van der Waals surface area contributed by atoms with Gasteiger partial charge in [0.05, 0.1) is 12.3 Å². The van der Waals surface area contributed by atoms with Gasteiger partial charge in [0.2, 0.25) is 0 Å². The van der Waals surface area contributed by atoms with E-state index in [1.165, 1.54) is 0 Å². The fourth-order valence-electron chi connectivity index (χ4n) is 2.89. The Morgan fingerprint density at radius 3 is 2.35 bits per heavy atom. The zero-order chi connectivity index (χ0) is 18.7. The standard InChI is InChI=1S/C18H21ClN4O3/c1-3-26-18(25)22-10-8-21(9-11-22)17(24)16-12-13(2)23(20-16)15-6-4-14(19)5-7-15/h4-7,12H,3,8-11H2,1-2H3. The smallest absolute Gasteiger partial charge is 0.409 e. The van der Waals surface area contributed by atoms with E-state index < -0.39 is 0 Å². The van der Waals surface area contributed by atoms with E-state index in [2.05, 4.69) is 5.10 Å². The van der Waals surface area contributed by atoms with Crippen LogP contribution in [0.5, 0.6) is 0 Å². The molecule has 2 amide bonds. The molecule has 0 N–H and O–H groups in total. The first-order valence-electron chi connectivity index (χ1n) is 8.53. The van der Waals surface area contributed by atoms with E-state index in [0.717, 1.165) is 11.4 Å². The van der Waals surface area contributed by atoms with E-state index in [4.69, 9.17) is 16.3 Å². The van der Waals surface area contributed by atoms with Gasteiger partial charge in [-0.25, -0.2) is 9.48 Å². The maximum absolute atomic E-state index is 12.7. The number of hydrogen-bond acceptors (Lipinski definition) is 4. The van der Waals surface area contributed by atoms with Crippen LogP contribution in [0, 0.1) is 6.92 Å². The summed E-state index contributed by atoms with van der Waals surface area (Å²) in [5.41, 5.74) is 2.10. The Morgan fingerprint density at radius 1 is 1.12 bits per heavy atom. The van der Waals surface area contributed by atoms with Crippen LogP contribution in [-0.2, 0) is 4.74 Å². The van der Waals surface area contributed by atoms with Gasteiger partial charge in [-0.1, -0.05) is 11.6 Å². The highest BCUT2D eigenvalue weighted by molar-refractivity contribution is 6.30. The average Bonchev–Trinajstić information content (AvgIpc) is 3.04. The summed E-state index contributed by atoms with van der Waals surface area (Å²) in [7, 11) is 0. The molecule has 1 fully saturated rings. The highest BCUT2D eigenvalue weighted by Crippen LogP contribution is 2.17. The summed E-state index contributed by atoms with van der Waals surface area (Å²) in [4.78, 5) is 27.8. The zero-order valence-corrected chi connectivity index (χ0v) is 15.6. The van der Waals surface area contributed by atoms with E-state index >= 15 is 0 Å². The molecule has 1 aromatic heterocycles. The number of carbonyl (C=O) groups excluding carboxylic acids is 2. The summed E-state index contributed by atoms with van der Waals surface area (Å²) in [6.07, 6.45) is -0.331. The quantitative estimate of drug-likeness (QED) is 0.826. The number of amides is 2. The second-order valence-electron chi connectivity index (χ2n) is 6.04. The lowest BCUT2D eigenvalue weighted by Gasteiger charge is -2.33. The number of aromatic nitrogens is 2. The monoisotopic (exact) mass is 376 g/mol. The van der Waals surface area contributed by atoms with Gasteiger partial charge >= 0.3 is 6.09 Å².